The molecule has 4 heteroatoms. The first-order chi connectivity index (χ1) is 8.38. The molecule has 86 valence electrons. The van der Waals surface area contributed by atoms with Crippen molar-refractivity contribution in [3.05, 3.63) is 54.4 Å². The van der Waals surface area contributed by atoms with Gasteiger partial charge in [0, 0.05) is 12.4 Å². The monoisotopic (exact) mass is 227 g/mol. The fourth-order valence-corrected chi connectivity index (χ4v) is 1.30. The van der Waals surface area contributed by atoms with Gasteiger partial charge in [-0.1, -0.05) is 0 Å². The van der Waals surface area contributed by atoms with Crippen LogP contribution in [0.4, 0.5) is 5.69 Å². The van der Waals surface area contributed by atoms with Gasteiger partial charge in [0.15, 0.2) is 0 Å². The molecule has 0 fully saturated rings. The van der Waals surface area contributed by atoms with Gasteiger partial charge in [0.1, 0.15) is 5.75 Å². The van der Waals surface area contributed by atoms with Crippen LogP contribution in [0.2, 0.25) is 0 Å². The van der Waals surface area contributed by atoms with Gasteiger partial charge < -0.3 is 4.74 Å². The van der Waals surface area contributed by atoms with Crippen molar-refractivity contribution in [2.24, 2.45) is 5.10 Å². The molecule has 0 saturated heterocycles. The van der Waals surface area contributed by atoms with E-state index in [-0.39, 0.29) is 0 Å². The van der Waals surface area contributed by atoms with Crippen molar-refractivity contribution in [2.45, 2.75) is 0 Å². The molecule has 17 heavy (non-hydrogen) atoms. The van der Waals surface area contributed by atoms with Crippen LogP contribution < -0.4 is 10.2 Å². The van der Waals surface area contributed by atoms with Crippen molar-refractivity contribution in [3.63, 3.8) is 0 Å². The van der Waals surface area contributed by atoms with E-state index in [9.17, 15) is 0 Å². The first kappa shape index (κ1) is 11.1. The summed E-state index contributed by atoms with van der Waals surface area (Å²) in [6, 6.07) is 11.3. The van der Waals surface area contributed by atoms with Crippen molar-refractivity contribution in [1.29, 1.82) is 0 Å². The van der Waals surface area contributed by atoms with E-state index in [4.69, 9.17) is 4.74 Å². The Kier molecular flexibility index (Phi) is 3.70. The molecule has 1 aromatic carbocycles. The number of hydrogen-bond donors (Lipinski definition) is 1. The summed E-state index contributed by atoms with van der Waals surface area (Å²) in [6.45, 7) is 0. The number of methoxy groups -OCH3 is 1. The Labute approximate surface area is 100.0 Å². The van der Waals surface area contributed by atoms with Crippen molar-refractivity contribution in [2.75, 3.05) is 12.5 Å². The molecule has 0 amide bonds. The summed E-state index contributed by atoms with van der Waals surface area (Å²) in [7, 11) is 1.64. The Bertz CT molecular complexity index is 480. The second kappa shape index (κ2) is 5.65. The normalized spacial score (nSPS) is 10.4. The Hall–Kier alpha value is -2.36. The lowest BCUT2D eigenvalue weighted by Gasteiger charge is -2.02. The lowest BCUT2D eigenvalue weighted by Crippen LogP contribution is -1.91. The first-order valence-corrected chi connectivity index (χ1v) is 5.21. The summed E-state index contributed by atoms with van der Waals surface area (Å²) < 4.78 is 5.07. The summed E-state index contributed by atoms with van der Waals surface area (Å²) in [5.74, 6) is 0.827. The predicted molar refractivity (Wildman–Crippen MR) is 68.4 cm³/mol. The maximum atomic E-state index is 5.07. The number of aromatic nitrogens is 1. The van der Waals surface area contributed by atoms with Crippen LogP contribution in [-0.2, 0) is 0 Å². The van der Waals surface area contributed by atoms with Crippen LogP contribution in [0.3, 0.4) is 0 Å². The number of nitrogens with zero attached hydrogens (tertiary/aromatic N) is 2. The van der Waals surface area contributed by atoms with E-state index in [1.165, 1.54) is 0 Å². The van der Waals surface area contributed by atoms with E-state index in [2.05, 4.69) is 15.5 Å². The maximum absolute atomic E-state index is 5.07. The van der Waals surface area contributed by atoms with Crippen LogP contribution in [0.15, 0.2) is 53.9 Å². The zero-order chi connectivity index (χ0) is 11.9. The number of anilines is 1. The average Bonchev–Trinajstić information content (AvgIpc) is 2.41. The third-order valence-corrected chi connectivity index (χ3v) is 2.20. The fourth-order valence-electron chi connectivity index (χ4n) is 1.30. The molecule has 2 aromatic rings. The molecule has 0 atom stereocenters. The third-order valence-electron chi connectivity index (χ3n) is 2.20. The van der Waals surface area contributed by atoms with Gasteiger partial charge >= 0.3 is 0 Å². The molecule has 1 N–H and O–H groups in total. The SMILES string of the molecule is COc1ccc(N/N=C/c2ccncc2)cc1. The van der Waals surface area contributed by atoms with Gasteiger partial charge in [0.2, 0.25) is 0 Å². The average molecular weight is 227 g/mol. The van der Waals surface area contributed by atoms with Gasteiger partial charge in [-0.3, -0.25) is 10.4 Å². The zero-order valence-electron chi connectivity index (χ0n) is 9.50. The lowest BCUT2D eigenvalue weighted by atomic mass is 10.3. The number of pyridine rings is 1. The highest BCUT2D eigenvalue weighted by Gasteiger charge is 1.91. The molecule has 1 aromatic heterocycles. The molecular weight excluding hydrogens is 214 g/mol. The Morgan fingerprint density at radius 3 is 2.47 bits per heavy atom. The van der Waals surface area contributed by atoms with Crippen molar-refractivity contribution >= 4 is 11.9 Å². The molecule has 1 heterocycles. The van der Waals surface area contributed by atoms with E-state index in [1.54, 1.807) is 25.7 Å². The van der Waals surface area contributed by atoms with E-state index in [0.29, 0.717) is 0 Å². The van der Waals surface area contributed by atoms with Crippen molar-refractivity contribution in [3.8, 4) is 5.75 Å². The maximum Gasteiger partial charge on any atom is 0.119 e. The molecule has 0 spiro atoms. The second-order valence-corrected chi connectivity index (χ2v) is 3.38. The van der Waals surface area contributed by atoms with Crippen LogP contribution >= 0.6 is 0 Å². The number of rotatable bonds is 4. The number of hydrazone groups is 1. The summed E-state index contributed by atoms with van der Waals surface area (Å²) >= 11 is 0. The van der Waals surface area contributed by atoms with Crippen LogP contribution in [0.5, 0.6) is 5.75 Å². The molecule has 0 saturated carbocycles. The molecule has 0 unspecified atom stereocenters. The predicted octanol–water partition coefficient (Wildman–Crippen LogP) is 2.54. The van der Waals surface area contributed by atoms with Gasteiger partial charge in [-0.05, 0) is 42.0 Å². The summed E-state index contributed by atoms with van der Waals surface area (Å²) in [4.78, 5) is 3.93. The quantitative estimate of drug-likeness (QED) is 0.645. The molecule has 4 nitrogen and oxygen atoms in total. The minimum atomic E-state index is 0.827. The summed E-state index contributed by atoms with van der Waals surface area (Å²) in [6.07, 6.45) is 5.20. The molecule has 0 aliphatic rings. The number of nitrogens with one attached hydrogen (secondary N) is 1. The second-order valence-electron chi connectivity index (χ2n) is 3.38. The molecule has 0 bridgehead atoms. The van der Waals surface area contributed by atoms with Gasteiger partial charge in [-0.15, -0.1) is 0 Å². The third kappa shape index (κ3) is 3.31. The Morgan fingerprint density at radius 1 is 1.12 bits per heavy atom. The highest BCUT2D eigenvalue weighted by atomic mass is 16.5. The highest BCUT2D eigenvalue weighted by Crippen LogP contribution is 2.14. The van der Waals surface area contributed by atoms with Crippen LogP contribution in [-0.4, -0.2) is 18.3 Å². The topological polar surface area (TPSA) is 46.5 Å². The van der Waals surface area contributed by atoms with Crippen LogP contribution in [0.1, 0.15) is 5.56 Å². The molecule has 0 aliphatic carbocycles. The Balaban J connectivity index is 1.95. The minimum absolute atomic E-state index is 0.827. The summed E-state index contributed by atoms with van der Waals surface area (Å²) in [5.41, 5.74) is 4.85. The Morgan fingerprint density at radius 2 is 1.82 bits per heavy atom. The van der Waals surface area contributed by atoms with Crippen LogP contribution in [0.25, 0.3) is 0 Å². The molecule has 0 aliphatic heterocycles. The van der Waals surface area contributed by atoms with Gasteiger partial charge in [0.05, 0.1) is 19.0 Å². The van der Waals surface area contributed by atoms with Crippen LogP contribution in [0, 0.1) is 0 Å². The molecule has 2 rings (SSSR count). The van der Waals surface area contributed by atoms with Crippen molar-refractivity contribution in [1.82, 2.24) is 4.98 Å². The van der Waals surface area contributed by atoms with E-state index < -0.39 is 0 Å². The zero-order valence-corrected chi connectivity index (χ0v) is 9.50. The smallest absolute Gasteiger partial charge is 0.119 e. The number of benzene rings is 1. The van der Waals surface area contributed by atoms with E-state index in [1.807, 2.05) is 36.4 Å². The van der Waals surface area contributed by atoms with Crippen molar-refractivity contribution < 1.29 is 4.74 Å². The molecular formula is C13H13N3O. The molecule has 0 radical (unpaired) electrons. The first-order valence-electron chi connectivity index (χ1n) is 5.21. The van der Waals surface area contributed by atoms with Gasteiger partial charge in [0.25, 0.3) is 0 Å². The van der Waals surface area contributed by atoms with E-state index in [0.717, 1.165) is 17.0 Å². The van der Waals surface area contributed by atoms with Gasteiger partial charge in [-0.25, -0.2) is 0 Å². The van der Waals surface area contributed by atoms with E-state index >= 15 is 0 Å². The van der Waals surface area contributed by atoms with Gasteiger partial charge in [-0.2, -0.15) is 5.10 Å². The summed E-state index contributed by atoms with van der Waals surface area (Å²) in [5, 5.41) is 4.12. The largest absolute Gasteiger partial charge is 0.497 e. The lowest BCUT2D eigenvalue weighted by molar-refractivity contribution is 0.415. The minimum Gasteiger partial charge on any atom is -0.497 e. The standard InChI is InChI=1S/C13H13N3O/c1-17-13-4-2-12(3-5-13)16-15-10-11-6-8-14-9-7-11/h2-10,16H,1H3/b15-10+. The number of hydrogen-bond acceptors (Lipinski definition) is 4. The fraction of sp³-hybridized carbons (Fsp3) is 0.0769. The highest BCUT2D eigenvalue weighted by molar-refractivity contribution is 5.79. The number of ether oxygens (including phenoxy) is 1.